The van der Waals surface area contributed by atoms with E-state index in [0.717, 1.165) is 17.0 Å². The van der Waals surface area contributed by atoms with E-state index in [9.17, 15) is 18.4 Å². The minimum Gasteiger partial charge on any atom is -0.398 e. The Labute approximate surface area is 199 Å². The molecule has 35 heavy (non-hydrogen) atoms. The predicted molar refractivity (Wildman–Crippen MR) is 125 cm³/mol. The molecule has 13 heteroatoms. The zero-order valence-electron chi connectivity index (χ0n) is 19.0. The summed E-state index contributed by atoms with van der Waals surface area (Å²) in [4.78, 5) is 37.7. The van der Waals surface area contributed by atoms with Crippen molar-refractivity contribution in [1.82, 2.24) is 24.7 Å². The van der Waals surface area contributed by atoms with Gasteiger partial charge in [0.15, 0.2) is 11.6 Å². The van der Waals surface area contributed by atoms with E-state index in [0.29, 0.717) is 37.3 Å². The largest absolute Gasteiger partial charge is 0.398 e. The minimum atomic E-state index is -1.09. The Hall–Kier alpha value is -4.13. The molecule has 0 radical (unpaired) electrons. The molecule has 2 fully saturated rings. The lowest BCUT2D eigenvalue weighted by molar-refractivity contribution is 0.0663. The Morgan fingerprint density at radius 1 is 1.03 bits per heavy atom. The van der Waals surface area contributed by atoms with Gasteiger partial charge < -0.3 is 26.6 Å². The highest BCUT2D eigenvalue weighted by Crippen LogP contribution is 2.27. The lowest BCUT2D eigenvalue weighted by Gasteiger charge is -2.32. The molecule has 2 aliphatic heterocycles. The van der Waals surface area contributed by atoms with Gasteiger partial charge in [-0.3, -0.25) is 15.1 Å². The first-order valence-corrected chi connectivity index (χ1v) is 10.9. The van der Waals surface area contributed by atoms with Crippen LogP contribution >= 0.6 is 0 Å². The van der Waals surface area contributed by atoms with Crippen LogP contribution in [0.4, 0.5) is 25.2 Å². The first-order valence-electron chi connectivity index (χ1n) is 10.9. The first kappa shape index (κ1) is 24.0. The lowest BCUT2D eigenvalue weighted by Crippen LogP contribution is -2.47. The van der Waals surface area contributed by atoms with Crippen molar-refractivity contribution in [2.45, 2.75) is 6.42 Å². The second-order valence-electron chi connectivity index (χ2n) is 8.31. The average molecular weight is 485 g/mol. The number of benzene rings is 1. The molecule has 0 saturated carbocycles. The third-order valence-corrected chi connectivity index (χ3v) is 6.01. The van der Waals surface area contributed by atoms with Gasteiger partial charge in [0.2, 0.25) is 5.95 Å². The van der Waals surface area contributed by atoms with Crippen molar-refractivity contribution < 1.29 is 18.4 Å². The Morgan fingerprint density at radius 3 is 2.23 bits per heavy atom. The summed E-state index contributed by atoms with van der Waals surface area (Å²) in [7, 11) is 1.93. The fraction of sp³-hybridized carbons (Fsp3) is 0.318. The first-order chi connectivity index (χ1) is 16.7. The van der Waals surface area contributed by atoms with E-state index in [2.05, 4.69) is 20.2 Å². The highest BCUT2D eigenvalue weighted by Gasteiger charge is 2.31. The molecule has 2 aromatic rings. The van der Waals surface area contributed by atoms with Gasteiger partial charge in [0.1, 0.15) is 11.5 Å². The number of piperazine rings is 1. The molecule has 3 amide bonds. The van der Waals surface area contributed by atoms with Crippen LogP contribution in [-0.2, 0) is 0 Å². The maximum Gasteiger partial charge on any atom is 0.327 e. The molecule has 184 valence electrons. The normalized spacial score (nSPS) is 18.1. The average Bonchev–Trinajstić information content (AvgIpc) is 3.22. The molecule has 0 spiro atoms. The number of likely N-dealkylation sites (N-methyl/N-ethyl adjacent to an activating group) is 1. The molecule has 3 heterocycles. The van der Waals surface area contributed by atoms with Crippen LogP contribution in [0.5, 0.6) is 0 Å². The van der Waals surface area contributed by atoms with Crippen LogP contribution in [0.25, 0.3) is 5.70 Å². The van der Waals surface area contributed by atoms with Crippen molar-refractivity contribution in [3.63, 3.8) is 0 Å². The number of amidine groups is 1. The summed E-state index contributed by atoms with van der Waals surface area (Å²) in [5.74, 6) is -2.80. The third-order valence-electron chi connectivity index (χ3n) is 6.01. The second-order valence-corrected chi connectivity index (χ2v) is 8.31. The Bertz CT molecular complexity index is 1180. The maximum atomic E-state index is 14.7. The number of nitrogens with zero attached hydrogens (tertiary/aromatic N) is 5. The minimum absolute atomic E-state index is 0.0642. The summed E-state index contributed by atoms with van der Waals surface area (Å²) >= 11 is 0. The van der Waals surface area contributed by atoms with Crippen molar-refractivity contribution in [2.75, 3.05) is 50.8 Å². The Balaban J connectivity index is 1.48. The number of halogens is 2. The Morgan fingerprint density at radius 2 is 1.63 bits per heavy atom. The van der Waals surface area contributed by atoms with Crippen LogP contribution < -0.4 is 16.8 Å². The molecule has 2 aliphatic rings. The number of likely N-dealkylation sites (tertiary alicyclic amines) is 1. The highest BCUT2D eigenvalue weighted by atomic mass is 19.1. The molecule has 6 N–H and O–H groups in total. The van der Waals surface area contributed by atoms with Crippen molar-refractivity contribution in [3.8, 4) is 0 Å². The van der Waals surface area contributed by atoms with E-state index < -0.39 is 29.3 Å². The Kier molecular flexibility index (Phi) is 6.60. The number of hydrogen-bond acceptors (Lipinski definition) is 8. The van der Waals surface area contributed by atoms with Crippen molar-refractivity contribution in [2.24, 2.45) is 5.73 Å². The molecule has 11 nitrogen and oxygen atoms in total. The van der Waals surface area contributed by atoms with E-state index in [4.69, 9.17) is 16.9 Å². The van der Waals surface area contributed by atoms with Gasteiger partial charge in [0, 0.05) is 67.5 Å². The van der Waals surface area contributed by atoms with Gasteiger partial charge >= 0.3 is 6.03 Å². The molecule has 1 aromatic heterocycles. The van der Waals surface area contributed by atoms with Crippen LogP contribution in [0.15, 0.2) is 30.1 Å². The summed E-state index contributed by atoms with van der Waals surface area (Å²) in [6.07, 6.45) is 3.05. The van der Waals surface area contributed by atoms with Crippen LogP contribution in [0.3, 0.4) is 0 Å². The zero-order valence-corrected chi connectivity index (χ0v) is 19.0. The molecule has 2 saturated heterocycles. The zero-order chi connectivity index (χ0) is 25.3. The topological polar surface area (TPSA) is 158 Å². The van der Waals surface area contributed by atoms with Crippen LogP contribution in [-0.4, -0.2) is 82.2 Å². The molecule has 0 unspecified atom stereocenters. The molecule has 4 rings (SSSR count). The number of nitrogens with two attached hydrogens (primary N) is 2. The van der Waals surface area contributed by atoms with Gasteiger partial charge in [0.25, 0.3) is 5.91 Å². The number of rotatable bonds is 3. The fourth-order valence-corrected chi connectivity index (χ4v) is 3.92. The fourth-order valence-electron chi connectivity index (χ4n) is 3.92. The van der Waals surface area contributed by atoms with E-state index >= 15 is 0 Å². The van der Waals surface area contributed by atoms with Crippen molar-refractivity contribution in [1.29, 1.82) is 5.41 Å². The summed E-state index contributed by atoms with van der Waals surface area (Å²) in [5.41, 5.74) is 11.7. The number of hydrogen-bond donors (Lipinski definition) is 4. The van der Waals surface area contributed by atoms with Gasteiger partial charge in [-0.1, -0.05) is 0 Å². The lowest BCUT2D eigenvalue weighted by atomic mass is 10.1. The number of urea groups is 1. The second kappa shape index (κ2) is 9.62. The van der Waals surface area contributed by atoms with Crippen LogP contribution in [0.1, 0.15) is 22.3 Å². The molecule has 0 atom stereocenters. The quantitative estimate of drug-likeness (QED) is 0.510. The van der Waals surface area contributed by atoms with Crippen LogP contribution in [0, 0.1) is 17.0 Å². The predicted octanol–water partition coefficient (Wildman–Crippen LogP) is 1.31. The summed E-state index contributed by atoms with van der Waals surface area (Å²) in [6, 6.07) is 0.903. The van der Waals surface area contributed by atoms with E-state index in [1.807, 2.05) is 7.05 Å². The summed E-state index contributed by atoms with van der Waals surface area (Å²) in [6.45, 7) is 2.32. The van der Waals surface area contributed by atoms with E-state index in [1.54, 1.807) is 0 Å². The van der Waals surface area contributed by atoms with Gasteiger partial charge in [-0.25, -0.2) is 23.5 Å². The van der Waals surface area contributed by atoms with E-state index in [1.165, 1.54) is 17.3 Å². The monoisotopic (exact) mass is 485 g/mol. The molecule has 1 aromatic carbocycles. The number of amides is 3. The summed E-state index contributed by atoms with van der Waals surface area (Å²) < 4.78 is 29.5. The molecule has 0 aliphatic carbocycles. The van der Waals surface area contributed by atoms with Gasteiger partial charge in [0.05, 0.1) is 0 Å². The standard InChI is InChI=1S/C22H25F2N9O2/c1-31-4-6-32(7-5-31)20(34)12-8-15(23)18(16(24)9-12)30-22(35)33-3-2-14(19(33)26)17(25)13-10-28-21(27)29-11-13/h8-11,26H,2-7,25H2,1H3,(H,30,35)(H2,27,28,29). The van der Waals surface area contributed by atoms with E-state index in [-0.39, 0.29) is 36.0 Å². The number of nitrogen functional groups attached to an aromatic ring is 1. The number of carbonyl (C=O) groups excluding carboxylic acids is 2. The smallest absolute Gasteiger partial charge is 0.327 e. The number of anilines is 2. The molecule has 0 bridgehead atoms. The van der Waals surface area contributed by atoms with Crippen molar-refractivity contribution >= 4 is 35.1 Å². The van der Waals surface area contributed by atoms with Crippen LogP contribution in [0.2, 0.25) is 0 Å². The number of carbonyl (C=O) groups is 2. The number of nitrogens with one attached hydrogen (secondary N) is 2. The van der Waals surface area contributed by atoms with Gasteiger partial charge in [-0.2, -0.15) is 0 Å². The number of aromatic nitrogens is 2. The SMILES string of the molecule is CN1CCN(C(=O)c2cc(F)c(NC(=O)N3CCC(=C(N)c4cnc(N)nc4)C3=N)c(F)c2)CC1. The highest BCUT2D eigenvalue weighted by molar-refractivity contribution is 6.13. The molecular formula is C22H25F2N9O2. The molecular weight excluding hydrogens is 460 g/mol. The van der Waals surface area contributed by atoms with Gasteiger partial charge in [-0.05, 0) is 25.6 Å². The van der Waals surface area contributed by atoms with Crippen molar-refractivity contribution in [3.05, 3.63) is 52.9 Å². The maximum absolute atomic E-state index is 14.7. The van der Waals surface area contributed by atoms with Gasteiger partial charge in [-0.15, -0.1) is 0 Å². The summed E-state index contributed by atoms with van der Waals surface area (Å²) in [5, 5.41) is 10.5. The third kappa shape index (κ3) is 4.89.